The summed E-state index contributed by atoms with van der Waals surface area (Å²) >= 11 is 0. The highest BCUT2D eigenvalue weighted by Gasteiger charge is 2.75. The molecule has 4 amide bonds. The number of urea groups is 2. The van der Waals surface area contributed by atoms with Gasteiger partial charge >= 0.3 is 18.0 Å². The molecule has 0 saturated carbocycles. The van der Waals surface area contributed by atoms with E-state index in [1.54, 1.807) is 38.4 Å². The van der Waals surface area contributed by atoms with E-state index in [9.17, 15) is 19.5 Å². The van der Waals surface area contributed by atoms with Crippen LogP contribution in [0.15, 0.2) is 60.7 Å². The van der Waals surface area contributed by atoms with Gasteiger partial charge in [-0.1, -0.05) is 60.7 Å². The Hall–Kier alpha value is -3.55. The van der Waals surface area contributed by atoms with Crippen LogP contribution in [0.2, 0.25) is 0 Å². The van der Waals surface area contributed by atoms with E-state index >= 15 is 0 Å². The van der Waals surface area contributed by atoms with Crippen LogP contribution in [0.5, 0.6) is 0 Å². The third kappa shape index (κ3) is 1.97. The van der Waals surface area contributed by atoms with Crippen molar-refractivity contribution in [3.63, 3.8) is 0 Å². The van der Waals surface area contributed by atoms with Gasteiger partial charge in [-0.2, -0.15) is 0 Å². The fourth-order valence-corrected chi connectivity index (χ4v) is 4.60. The summed E-state index contributed by atoms with van der Waals surface area (Å²) in [5, 5.41) is 12.4. The Morgan fingerprint density at radius 2 is 1.46 bits per heavy atom. The molecule has 0 bridgehead atoms. The second-order valence-electron chi connectivity index (χ2n) is 6.93. The van der Waals surface area contributed by atoms with Crippen molar-refractivity contribution >= 4 is 18.0 Å². The fraction of sp³-hybridized carbons (Fsp3) is 0.250. The molecule has 2 fully saturated rings. The van der Waals surface area contributed by atoms with E-state index in [1.807, 2.05) is 36.4 Å². The Labute approximate surface area is 162 Å². The van der Waals surface area contributed by atoms with Crippen LogP contribution >= 0.6 is 0 Å². The summed E-state index contributed by atoms with van der Waals surface area (Å²) in [5.74, 6) is -1.16. The van der Waals surface area contributed by atoms with Gasteiger partial charge in [0, 0.05) is 25.2 Å². The van der Waals surface area contributed by atoms with Crippen molar-refractivity contribution in [3.8, 4) is 0 Å². The van der Waals surface area contributed by atoms with Crippen LogP contribution in [0.25, 0.3) is 0 Å². The van der Waals surface area contributed by atoms with Crippen LogP contribution < -0.4 is 5.32 Å². The Balaban J connectivity index is 2.10. The Kier molecular flexibility index (Phi) is 3.81. The zero-order valence-electron chi connectivity index (χ0n) is 15.5. The van der Waals surface area contributed by atoms with E-state index in [1.165, 1.54) is 14.7 Å². The zero-order chi connectivity index (χ0) is 20.1. The van der Waals surface area contributed by atoms with Crippen molar-refractivity contribution < 1.29 is 19.5 Å². The van der Waals surface area contributed by atoms with Crippen LogP contribution in [0.3, 0.4) is 0 Å². The van der Waals surface area contributed by atoms with Crippen molar-refractivity contribution in [2.24, 2.45) is 0 Å². The van der Waals surface area contributed by atoms with Gasteiger partial charge in [0.1, 0.15) is 6.54 Å². The van der Waals surface area contributed by atoms with E-state index in [0.29, 0.717) is 11.1 Å². The number of carboxylic acid groups (broad SMARTS) is 1. The molecule has 144 valence electrons. The molecule has 8 heteroatoms. The van der Waals surface area contributed by atoms with Gasteiger partial charge in [-0.15, -0.1) is 0 Å². The molecule has 2 saturated heterocycles. The normalized spacial score (nSPS) is 26.4. The first kappa shape index (κ1) is 17.8. The molecule has 28 heavy (non-hydrogen) atoms. The van der Waals surface area contributed by atoms with E-state index < -0.39 is 29.9 Å². The summed E-state index contributed by atoms with van der Waals surface area (Å²) in [6.45, 7) is -0.555. The Bertz CT molecular complexity index is 951. The number of carbonyl (C=O) groups excluding carboxylic acids is 2. The van der Waals surface area contributed by atoms with Gasteiger partial charge in [-0.3, -0.25) is 19.5 Å². The monoisotopic (exact) mass is 380 g/mol. The number of benzene rings is 2. The lowest BCUT2D eigenvalue weighted by Gasteiger charge is -2.46. The maximum atomic E-state index is 13.1. The number of nitrogens with one attached hydrogen (secondary N) is 1. The van der Waals surface area contributed by atoms with Gasteiger partial charge in [-0.05, 0) is 0 Å². The van der Waals surface area contributed by atoms with Crippen molar-refractivity contribution in [3.05, 3.63) is 71.8 Å². The molecule has 2 aromatic carbocycles. The van der Waals surface area contributed by atoms with E-state index in [-0.39, 0.29) is 6.03 Å². The number of nitrogens with zero attached hydrogens (tertiary/aromatic N) is 3. The molecule has 2 aliphatic heterocycles. The summed E-state index contributed by atoms with van der Waals surface area (Å²) in [5.41, 5.74) is -1.36. The molecule has 0 aromatic heterocycles. The van der Waals surface area contributed by atoms with Crippen molar-refractivity contribution in [1.29, 1.82) is 0 Å². The number of hydrogen-bond acceptors (Lipinski definition) is 3. The van der Waals surface area contributed by atoms with Gasteiger partial charge < -0.3 is 10.4 Å². The quantitative estimate of drug-likeness (QED) is 0.846. The molecule has 2 aliphatic rings. The van der Waals surface area contributed by atoms with Crippen molar-refractivity contribution in [2.45, 2.75) is 11.3 Å². The van der Waals surface area contributed by atoms with Gasteiger partial charge in [0.15, 0.2) is 11.3 Å². The summed E-state index contributed by atoms with van der Waals surface area (Å²) < 4.78 is 0. The average Bonchev–Trinajstić information content (AvgIpc) is 3.05. The minimum atomic E-state index is -1.38. The molecular formula is C20H20N4O4. The first-order chi connectivity index (χ1) is 13.4. The lowest BCUT2D eigenvalue weighted by Crippen LogP contribution is -2.62. The fourth-order valence-electron chi connectivity index (χ4n) is 4.60. The molecule has 0 spiro atoms. The summed E-state index contributed by atoms with van der Waals surface area (Å²) in [6.07, 6.45) is 0. The molecule has 2 aromatic rings. The van der Waals surface area contributed by atoms with Crippen LogP contribution in [0, 0.1) is 0 Å². The molecule has 0 aliphatic carbocycles. The standard InChI is InChI=1S/C20H20N4O4/c1-22-18(28)23(2)20(15-11-7-4-8-12-15)19(22,14-9-5-3-6-10-14)21-17(27)24(20)13-16(25)26/h3-12H,13H2,1-2H3,(H,21,27)(H,25,26)/t19-,20+/m0/s1. The second kappa shape index (κ2) is 5.98. The van der Waals surface area contributed by atoms with Crippen LogP contribution in [-0.2, 0) is 16.1 Å². The maximum absolute atomic E-state index is 13.1. The number of likely N-dealkylation sites (N-methyl/N-ethyl adjacent to an activating group) is 2. The van der Waals surface area contributed by atoms with Gasteiger partial charge in [0.25, 0.3) is 0 Å². The number of rotatable bonds is 4. The highest BCUT2D eigenvalue weighted by Crippen LogP contribution is 2.56. The van der Waals surface area contributed by atoms with Crippen molar-refractivity contribution in [2.75, 3.05) is 20.6 Å². The second-order valence-corrected chi connectivity index (χ2v) is 6.93. The molecule has 2 heterocycles. The SMILES string of the molecule is CN1C(=O)N(C)[C@]2(c3ccccc3)NC(=O)N(CC(=O)O)[C@@]12c1ccccc1. The van der Waals surface area contributed by atoms with E-state index in [2.05, 4.69) is 5.32 Å². The maximum Gasteiger partial charge on any atom is 0.324 e. The highest BCUT2D eigenvalue weighted by molar-refractivity contribution is 5.91. The highest BCUT2D eigenvalue weighted by atomic mass is 16.4. The average molecular weight is 380 g/mol. The van der Waals surface area contributed by atoms with E-state index in [0.717, 1.165) is 0 Å². The van der Waals surface area contributed by atoms with Crippen LogP contribution in [-0.4, -0.2) is 58.5 Å². The predicted octanol–water partition coefficient (Wildman–Crippen LogP) is 1.80. The molecule has 4 rings (SSSR count). The van der Waals surface area contributed by atoms with Gasteiger partial charge in [0.2, 0.25) is 0 Å². The number of carbonyl (C=O) groups is 3. The van der Waals surface area contributed by atoms with Crippen molar-refractivity contribution in [1.82, 2.24) is 20.0 Å². The molecule has 0 unspecified atom stereocenters. The van der Waals surface area contributed by atoms with Crippen LogP contribution in [0.1, 0.15) is 11.1 Å². The smallest absolute Gasteiger partial charge is 0.324 e. The number of hydrogen-bond donors (Lipinski definition) is 2. The van der Waals surface area contributed by atoms with Crippen LogP contribution in [0.4, 0.5) is 9.59 Å². The summed E-state index contributed by atoms with van der Waals surface area (Å²) in [7, 11) is 3.20. The predicted molar refractivity (Wildman–Crippen MR) is 100 cm³/mol. The summed E-state index contributed by atoms with van der Waals surface area (Å²) in [6, 6.07) is 17.3. The first-order valence-corrected chi connectivity index (χ1v) is 8.81. The number of aliphatic carboxylic acids is 1. The topological polar surface area (TPSA) is 93.2 Å². The third-order valence-electron chi connectivity index (χ3n) is 5.65. The number of carboxylic acids is 1. The minimum Gasteiger partial charge on any atom is -0.480 e. The van der Waals surface area contributed by atoms with E-state index in [4.69, 9.17) is 0 Å². The Morgan fingerprint density at radius 3 is 2.00 bits per heavy atom. The third-order valence-corrected chi connectivity index (χ3v) is 5.65. The molecule has 2 N–H and O–H groups in total. The molecule has 8 nitrogen and oxygen atoms in total. The zero-order valence-corrected chi connectivity index (χ0v) is 15.5. The number of amides is 4. The molecule has 0 radical (unpaired) electrons. The Morgan fingerprint density at radius 1 is 0.929 bits per heavy atom. The molecular weight excluding hydrogens is 360 g/mol. The lowest BCUT2D eigenvalue weighted by molar-refractivity contribution is -0.141. The largest absolute Gasteiger partial charge is 0.480 e. The minimum absolute atomic E-state index is 0.330. The first-order valence-electron chi connectivity index (χ1n) is 8.81. The number of fused-ring (bicyclic) bond motifs is 1. The lowest BCUT2D eigenvalue weighted by atomic mass is 9.80. The summed E-state index contributed by atoms with van der Waals surface area (Å²) in [4.78, 5) is 42.0. The molecule has 2 atom stereocenters. The van der Waals surface area contributed by atoms with Gasteiger partial charge in [0.05, 0.1) is 0 Å². The van der Waals surface area contributed by atoms with Gasteiger partial charge in [-0.25, -0.2) is 9.59 Å².